The number of likely N-dealkylation sites (tertiary alicyclic amines) is 1. The van der Waals surface area contributed by atoms with Crippen molar-refractivity contribution in [2.75, 3.05) is 12.3 Å². The van der Waals surface area contributed by atoms with Crippen LogP contribution in [-0.4, -0.2) is 27.3 Å². The minimum absolute atomic E-state index is 0.171. The Morgan fingerprint density at radius 2 is 2.12 bits per heavy atom. The quantitative estimate of drug-likeness (QED) is 0.775. The van der Waals surface area contributed by atoms with Gasteiger partial charge in [-0.1, -0.05) is 13.8 Å². The van der Waals surface area contributed by atoms with E-state index in [1.165, 1.54) is 0 Å². The normalized spacial score (nSPS) is 20.6. The molecular formula is C17H22N4O4. The maximum Gasteiger partial charge on any atom is 0.326 e. The van der Waals surface area contributed by atoms with Crippen LogP contribution >= 0.6 is 0 Å². The number of aryl methyl sites for hydroxylation is 1. The number of aromatic nitrogens is 2. The van der Waals surface area contributed by atoms with Crippen LogP contribution in [0.2, 0.25) is 0 Å². The molecule has 2 atom stereocenters. The van der Waals surface area contributed by atoms with Gasteiger partial charge in [0.05, 0.1) is 6.04 Å². The van der Waals surface area contributed by atoms with Gasteiger partial charge >= 0.3 is 5.69 Å². The molecule has 1 fully saturated rings. The van der Waals surface area contributed by atoms with E-state index >= 15 is 0 Å². The minimum atomic E-state index is -0.764. The number of amides is 1. The molecule has 25 heavy (non-hydrogen) atoms. The van der Waals surface area contributed by atoms with E-state index in [4.69, 9.17) is 10.2 Å². The van der Waals surface area contributed by atoms with Gasteiger partial charge in [0.15, 0.2) is 0 Å². The number of H-pyrrole nitrogens is 2. The standard InChI is InChI=1S/C17H22N4O4/c1-3-10-4-5-12(25-10)11-8-9(2)6-7-21(11)16(23)14-13(18)15(22)20-17(24)19-14/h4-5,9,11H,3,6-8,18H2,1-2H3,(H2,19,20,22,24)/t9-,11+/m1/s1. The molecule has 0 unspecified atom stereocenters. The van der Waals surface area contributed by atoms with E-state index < -0.39 is 17.2 Å². The Balaban J connectivity index is 1.99. The van der Waals surface area contributed by atoms with Crippen LogP contribution in [0.25, 0.3) is 0 Å². The summed E-state index contributed by atoms with van der Waals surface area (Å²) in [5, 5.41) is 0. The zero-order valence-corrected chi connectivity index (χ0v) is 14.3. The van der Waals surface area contributed by atoms with Gasteiger partial charge in [-0.3, -0.25) is 14.6 Å². The highest BCUT2D eigenvalue weighted by Gasteiger charge is 2.35. The minimum Gasteiger partial charge on any atom is -0.464 e. The fourth-order valence-electron chi connectivity index (χ4n) is 3.23. The molecule has 0 aromatic carbocycles. The summed E-state index contributed by atoms with van der Waals surface area (Å²) in [6.07, 6.45) is 2.34. The molecule has 1 aliphatic heterocycles. The van der Waals surface area contributed by atoms with Crippen LogP contribution in [0.3, 0.4) is 0 Å². The van der Waals surface area contributed by atoms with Crippen LogP contribution in [0.15, 0.2) is 26.1 Å². The average molecular weight is 346 g/mol. The number of nitrogens with two attached hydrogens (primary N) is 1. The van der Waals surface area contributed by atoms with Crippen molar-refractivity contribution in [1.29, 1.82) is 0 Å². The average Bonchev–Trinajstić information content (AvgIpc) is 3.06. The molecule has 3 heterocycles. The largest absolute Gasteiger partial charge is 0.464 e. The molecule has 4 N–H and O–H groups in total. The van der Waals surface area contributed by atoms with Gasteiger partial charge in [0.2, 0.25) is 0 Å². The van der Waals surface area contributed by atoms with Gasteiger partial charge in [0.1, 0.15) is 22.9 Å². The zero-order chi connectivity index (χ0) is 18.1. The lowest BCUT2D eigenvalue weighted by atomic mass is 9.90. The van der Waals surface area contributed by atoms with Gasteiger partial charge in [-0.2, -0.15) is 0 Å². The van der Waals surface area contributed by atoms with Gasteiger partial charge < -0.3 is 20.0 Å². The van der Waals surface area contributed by atoms with Crippen molar-refractivity contribution in [3.63, 3.8) is 0 Å². The number of piperidine rings is 1. The number of anilines is 1. The molecule has 1 amide bonds. The summed E-state index contributed by atoms with van der Waals surface area (Å²) >= 11 is 0. The lowest BCUT2D eigenvalue weighted by Crippen LogP contribution is -2.42. The summed E-state index contributed by atoms with van der Waals surface area (Å²) in [5.74, 6) is 1.53. The van der Waals surface area contributed by atoms with Crippen molar-refractivity contribution in [2.45, 2.75) is 39.2 Å². The monoisotopic (exact) mass is 346 g/mol. The molecular weight excluding hydrogens is 324 g/mol. The first-order valence-electron chi connectivity index (χ1n) is 8.42. The summed E-state index contributed by atoms with van der Waals surface area (Å²) in [4.78, 5) is 42.2. The second-order valence-electron chi connectivity index (χ2n) is 6.50. The van der Waals surface area contributed by atoms with Crippen LogP contribution in [0.1, 0.15) is 54.7 Å². The van der Waals surface area contributed by atoms with E-state index in [2.05, 4.69) is 11.9 Å². The summed E-state index contributed by atoms with van der Waals surface area (Å²) in [7, 11) is 0. The number of hydrogen-bond donors (Lipinski definition) is 3. The van der Waals surface area contributed by atoms with E-state index in [0.29, 0.717) is 18.2 Å². The Kier molecular flexibility index (Phi) is 4.52. The third-order valence-electron chi connectivity index (χ3n) is 4.68. The van der Waals surface area contributed by atoms with E-state index in [9.17, 15) is 14.4 Å². The number of furan rings is 1. The van der Waals surface area contributed by atoms with Crippen LogP contribution in [-0.2, 0) is 6.42 Å². The number of carbonyl (C=O) groups is 1. The van der Waals surface area contributed by atoms with Crippen molar-refractivity contribution in [3.8, 4) is 0 Å². The molecule has 8 nitrogen and oxygen atoms in total. The Morgan fingerprint density at radius 3 is 2.80 bits per heavy atom. The first-order valence-corrected chi connectivity index (χ1v) is 8.42. The van der Waals surface area contributed by atoms with Crippen molar-refractivity contribution >= 4 is 11.6 Å². The van der Waals surface area contributed by atoms with Gasteiger partial charge in [-0.05, 0) is 30.9 Å². The maximum absolute atomic E-state index is 13.0. The summed E-state index contributed by atoms with van der Waals surface area (Å²) in [6, 6.07) is 3.53. The topological polar surface area (TPSA) is 125 Å². The van der Waals surface area contributed by atoms with Crippen molar-refractivity contribution in [1.82, 2.24) is 14.9 Å². The first-order chi connectivity index (χ1) is 11.9. The van der Waals surface area contributed by atoms with Gasteiger partial charge in [0, 0.05) is 13.0 Å². The smallest absolute Gasteiger partial charge is 0.326 e. The third-order valence-corrected chi connectivity index (χ3v) is 4.68. The SMILES string of the molecule is CCc1ccc([C@@H]2C[C@H](C)CCN2C(=O)c2[nH]c(=O)[nH]c(=O)c2N)o1. The highest BCUT2D eigenvalue weighted by atomic mass is 16.3. The van der Waals surface area contributed by atoms with Crippen LogP contribution in [0, 0.1) is 5.92 Å². The first kappa shape index (κ1) is 17.1. The molecule has 0 aliphatic carbocycles. The van der Waals surface area contributed by atoms with E-state index in [-0.39, 0.29) is 17.4 Å². The molecule has 0 spiro atoms. The van der Waals surface area contributed by atoms with Crippen LogP contribution < -0.4 is 17.0 Å². The maximum atomic E-state index is 13.0. The molecule has 2 aromatic rings. The molecule has 134 valence electrons. The molecule has 2 aromatic heterocycles. The number of carbonyl (C=O) groups excluding carboxylic acids is 1. The lowest BCUT2D eigenvalue weighted by Gasteiger charge is -2.37. The van der Waals surface area contributed by atoms with Crippen LogP contribution in [0.5, 0.6) is 0 Å². The second kappa shape index (κ2) is 6.62. The molecule has 3 rings (SSSR count). The van der Waals surface area contributed by atoms with Gasteiger partial charge in [0.25, 0.3) is 11.5 Å². The Bertz CT molecular complexity index is 895. The van der Waals surface area contributed by atoms with Crippen molar-refractivity contribution in [2.24, 2.45) is 5.92 Å². The van der Waals surface area contributed by atoms with Gasteiger partial charge in [-0.25, -0.2) is 4.79 Å². The Hall–Kier alpha value is -2.77. The van der Waals surface area contributed by atoms with Gasteiger partial charge in [-0.15, -0.1) is 0 Å². The highest BCUT2D eigenvalue weighted by molar-refractivity contribution is 5.97. The fourth-order valence-corrected chi connectivity index (χ4v) is 3.23. The molecule has 0 saturated carbocycles. The predicted molar refractivity (Wildman–Crippen MR) is 92.4 cm³/mol. The molecule has 8 heteroatoms. The molecule has 0 radical (unpaired) electrons. The fraction of sp³-hybridized carbons (Fsp3) is 0.471. The summed E-state index contributed by atoms with van der Waals surface area (Å²) in [6.45, 7) is 4.62. The number of aromatic amines is 2. The van der Waals surface area contributed by atoms with Crippen molar-refractivity contribution in [3.05, 3.63) is 50.2 Å². The number of rotatable bonds is 3. The summed E-state index contributed by atoms with van der Waals surface area (Å²) < 4.78 is 5.85. The molecule has 0 bridgehead atoms. The van der Waals surface area contributed by atoms with E-state index in [1.807, 2.05) is 24.0 Å². The number of nitrogens with zero attached hydrogens (tertiary/aromatic N) is 1. The Morgan fingerprint density at radius 1 is 1.36 bits per heavy atom. The zero-order valence-electron chi connectivity index (χ0n) is 14.3. The molecule has 1 aliphatic rings. The summed E-state index contributed by atoms with van der Waals surface area (Å²) in [5.41, 5.74) is 3.74. The predicted octanol–water partition coefficient (Wildman–Crippen LogP) is 1.41. The number of hydrogen-bond acceptors (Lipinski definition) is 5. The van der Waals surface area contributed by atoms with E-state index in [0.717, 1.165) is 25.0 Å². The van der Waals surface area contributed by atoms with E-state index in [1.54, 1.807) is 4.90 Å². The second-order valence-corrected chi connectivity index (χ2v) is 6.50. The molecule has 1 saturated heterocycles. The highest BCUT2D eigenvalue weighted by Crippen LogP contribution is 2.36. The Labute approximate surface area is 144 Å². The number of nitrogens with one attached hydrogen (secondary N) is 2. The number of nitrogen functional groups attached to an aromatic ring is 1. The van der Waals surface area contributed by atoms with Crippen LogP contribution in [0.4, 0.5) is 5.69 Å². The third kappa shape index (κ3) is 3.24. The lowest BCUT2D eigenvalue weighted by molar-refractivity contribution is 0.0513. The van der Waals surface area contributed by atoms with Crippen molar-refractivity contribution < 1.29 is 9.21 Å².